The summed E-state index contributed by atoms with van der Waals surface area (Å²) in [7, 11) is 0. The number of para-hydroxylation sites is 1. The first-order chi connectivity index (χ1) is 15.5. The number of rotatable bonds is 7. The fourth-order valence-electron chi connectivity index (χ4n) is 3.41. The fourth-order valence-corrected chi connectivity index (χ4v) is 3.41. The highest BCUT2D eigenvalue weighted by Crippen LogP contribution is 2.34. The number of fused-ring (bicyclic) bond motifs is 1. The van der Waals surface area contributed by atoms with Gasteiger partial charge in [-0.1, -0.05) is 19.1 Å². The molecule has 3 aromatic rings. The minimum Gasteiger partial charge on any atom is -0.444 e. The van der Waals surface area contributed by atoms with E-state index >= 15 is 0 Å². The standard InChI is InChI=1S/C21H22F3N5O4/c1-4-29(9-15(30)25-14-8-6-5-7-13(14)21(22,23)24)10-16(31)26-20-18-17(12(3)33-20)11(2)27-28-19(18)32/h5-8H,4,9-10H2,1-3H3,(H,25,30)(H,26,31)(H,28,32). The molecule has 0 aliphatic heterocycles. The second kappa shape index (κ2) is 9.45. The molecule has 0 saturated heterocycles. The largest absolute Gasteiger partial charge is 0.444 e. The third kappa shape index (κ3) is 5.40. The van der Waals surface area contributed by atoms with Gasteiger partial charge in [-0.25, -0.2) is 5.10 Å². The van der Waals surface area contributed by atoms with Crippen LogP contribution in [-0.4, -0.2) is 46.5 Å². The number of anilines is 2. The number of amides is 2. The lowest BCUT2D eigenvalue weighted by Crippen LogP contribution is -2.38. The Morgan fingerprint density at radius 1 is 1.09 bits per heavy atom. The van der Waals surface area contributed by atoms with Crippen molar-refractivity contribution in [3.8, 4) is 0 Å². The lowest BCUT2D eigenvalue weighted by molar-refractivity contribution is -0.137. The van der Waals surface area contributed by atoms with Crippen molar-refractivity contribution in [3.63, 3.8) is 0 Å². The summed E-state index contributed by atoms with van der Waals surface area (Å²) in [5.41, 5.74) is -1.33. The number of nitrogens with zero attached hydrogens (tertiary/aromatic N) is 2. The van der Waals surface area contributed by atoms with E-state index in [2.05, 4.69) is 20.8 Å². The molecule has 0 unspecified atom stereocenters. The molecule has 3 N–H and O–H groups in total. The van der Waals surface area contributed by atoms with Gasteiger partial charge in [0.1, 0.15) is 11.1 Å². The van der Waals surface area contributed by atoms with Gasteiger partial charge in [-0.2, -0.15) is 18.3 Å². The number of aromatic amines is 1. The number of carbonyl (C=O) groups excluding carboxylic acids is 2. The number of halogens is 3. The van der Waals surface area contributed by atoms with Crippen molar-refractivity contribution in [2.24, 2.45) is 0 Å². The van der Waals surface area contributed by atoms with Crippen LogP contribution in [0.5, 0.6) is 0 Å². The number of nitrogens with one attached hydrogen (secondary N) is 3. The maximum absolute atomic E-state index is 13.1. The Balaban J connectivity index is 1.68. The minimum absolute atomic E-state index is 0.0427. The molecular weight excluding hydrogens is 443 g/mol. The highest BCUT2D eigenvalue weighted by Gasteiger charge is 2.33. The number of aryl methyl sites for hydroxylation is 2. The number of H-pyrrole nitrogens is 1. The summed E-state index contributed by atoms with van der Waals surface area (Å²) >= 11 is 0. The van der Waals surface area contributed by atoms with E-state index in [1.54, 1.807) is 20.8 Å². The van der Waals surface area contributed by atoms with Crippen LogP contribution in [0, 0.1) is 13.8 Å². The second-order valence-electron chi connectivity index (χ2n) is 7.32. The molecule has 2 amide bonds. The van der Waals surface area contributed by atoms with Gasteiger partial charge in [0.25, 0.3) is 5.56 Å². The van der Waals surface area contributed by atoms with Crippen LogP contribution in [0.25, 0.3) is 10.8 Å². The first-order valence-corrected chi connectivity index (χ1v) is 9.98. The maximum Gasteiger partial charge on any atom is 0.418 e. The van der Waals surface area contributed by atoms with Crippen LogP contribution >= 0.6 is 0 Å². The van der Waals surface area contributed by atoms with Gasteiger partial charge >= 0.3 is 6.18 Å². The average molecular weight is 465 g/mol. The van der Waals surface area contributed by atoms with E-state index in [9.17, 15) is 27.6 Å². The number of hydrogen-bond acceptors (Lipinski definition) is 6. The molecular formula is C21H22F3N5O4. The van der Waals surface area contributed by atoms with Crippen molar-refractivity contribution in [2.75, 3.05) is 30.3 Å². The second-order valence-corrected chi connectivity index (χ2v) is 7.32. The summed E-state index contributed by atoms with van der Waals surface area (Å²) in [5.74, 6) is -0.908. The minimum atomic E-state index is -4.62. The third-order valence-electron chi connectivity index (χ3n) is 4.94. The highest BCUT2D eigenvalue weighted by molar-refractivity contribution is 6.02. The van der Waals surface area contributed by atoms with E-state index < -0.39 is 29.1 Å². The molecule has 0 aliphatic carbocycles. The Hall–Kier alpha value is -3.67. The van der Waals surface area contributed by atoms with Crippen LogP contribution in [0.3, 0.4) is 0 Å². The van der Waals surface area contributed by atoms with E-state index in [1.165, 1.54) is 17.0 Å². The van der Waals surface area contributed by atoms with Crippen molar-refractivity contribution in [2.45, 2.75) is 26.9 Å². The molecule has 0 atom stereocenters. The lowest BCUT2D eigenvalue weighted by atomic mass is 10.1. The molecule has 0 aliphatic rings. The lowest BCUT2D eigenvalue weighted by Gasteiger charge is -2.20. The van der Waals surface area contributed by atoms with Gasteiger partial charge in [-0.3, -0.25) is 24.6 Å². The predicted molar refractivity (Wildman–Crippen MR) is 115 cm³/mol. The van der Waals surface area contributed by atoms with E-state index in [-0.39, 0.29) is 36.6 Å². The normalized spacial score (nSPS) is 11.7. The summed E-state index contributed by atoms with van der Waals surface area (Å²) in [6.07, 6.45) is -4.62. The van der Waals surface area contributed by atoms with Gasteiger partial charge < -0.3 is 9.73 Å². The molecule has 3 rings (SSSR count). The first-order valence-electron chi connectivity index (χ1n) is 9.98. The molecule has 33 heavy (non-hydrogen) atoms. The monoisotopic (exact) mass is 465 g/mol. The smallest absolute Gasteiger partial charge is 0.418 e. The number of alkyl halides is 3. The summed E-state index contributed by atoms with van der Waals surface area (Å²) in [4.78, 5) is 38.5. The van der Waals surface area contributed by atoms with E-state index in [4.69, 9.17) is 4.42 Å². The van der Waals surface area contributed by atoms with Crippen LogP contribution in [-0.2, 0) is 15.8 Å². The number of aromatic nitrogens is 2. The Bertz CT molecular complexity index is 1250. The molecule has 0 bridgehead atoms. The average Bonchev–Trinajstić information content (AvgIpc) is 3.06. The number of furan rings is 1. The summed E-state index contributed by atoms with van der Waals surface area (Å²) in [5, 5.41) is 11.6. The van der Waals surface area contributed by atoms with Crippen LogP contribution in [0.1, 0.15) is 23.9 Å². The van der Waals surface area contributed by atoms with Crippen molar-refractivity contribution < 1.29 is 27.2 Å². The van der Waals surface area contributed by atoms with E-state index in [1.807, 2.05) is 0 Å². The zero-order valence-electron chi connectivity index (χ0n) is 18.1. The van der Waals surface area contributed by atoms with Gasteiger partial charge in [0, 0.05) is 0 Å². The fraction of sp³-hybridized carbons (Fsp3) is 0.333. The van der Waals surface area contributed by atoms with Gasteiger partial charge in [0.2, 0.25) is 17.7 Å². The molecule has 1 aromatic carbocycles. The number of benzene rings is 1. The Morgan fingerprint density at radius 3 is 2.36 bits per heavy atom. The van der Waals surface area contributed by atoms with Crippen LogP contribution in [0.15, 0.2) is 33.5 Å². The van der Waals surface area contributed by atoms with E-state index in [0.29, 0.717) is 16.8 Å². The van der Waals surface area contributed by atoms with Crippen molar-refractivity contribution in [3.05, 3.63) is 51.6 Å². The molecule has 2 heterocycles. The van der Waals surface area contributed by atoms with Crippen molar-refractivity contribution in [1.82, 2.24) is 15.1 Å². The van der Waals surface area contributed by atoms with E-state index in [0.717, 1.165) is 12.1 Å². The topological polar surface area (TPSA) is 120 Å². The van der Waals surface area contributed by atoms with Gasteiger partial charge in [0.15, 0.2) is 0 Å². The molecule has 12 heteroatoms. The number of hydrogen-bond donors (Lipinski definition) is 3. The Labute approximate surface area is 185 Å². The zero-order chi connectivity index (χ0) is 24.3. The molecule has 176 valence electrons. The SMILES string of the molecule is CCN(CC(=O)Nc1ccccc1C(F)(F)F)CC(=O)Nc1oc(C)c2c(C)n[nH]c(=O)c12. The maximum atomic E-state index is 13.1. The Morgan fingerprint density at radius 2 is 1.73 bits per heavy atom. The number of carbonyl (C=O) groups is 2. The first kappa shape index (κ1) is 24.0. The van der Waals surface area contributed by atoms with Crippen LogP contribution < -0.4 is 16.2 Å². The summed E-state index contributed by atoms with van der Waals surface area (Å²) < 4.78 is 44.9. The van der Waals surface area contributed by atoms with Crippen LogP contribution in [0.4, 0.5) is 24.7 Å². The molecule has 0 radical (unpaired) electrons. The van der Waals surface area contributed by atoms with Crippen molar-refractivity contribution >= 4 is 34.2 Å². The van der Waals surface area contributed by atoms with Gasteiger partial charge in [-0.15, -0.1) is 0 Å². The number of likely N-dealkylation sites (N-methyl/N-ethyl adjacent to an activating group) is 1. The predicted octanol–water partition coefficient (Wildman–Crippen LogP) is 3.05. The van der Waals surface area contributed by atoms with Gasteiger partial charge in [0.05, 0.1) is 35.4 Å². The zero-order valence-corrected chi connectivity index (χ0v) is 18.1. The summed E-state index contributed by atoms with van der Waals surface area (Å²) in [6.45, 7) is 4.69. The quantitative estimate of drug-likeness (QED) is 0.493. The molecule has 0 saturated carbocycles. The molecule has 9 nitrogen and oxygen atoms in total. The van der Waals surface area contributed by atoms with Crippen LogP contribution in [0.2, 0.25) is 0 Å². The van der Waals surface area contributed by atoms with Crippen molar-refractivity contribution in [1.29, 1.82) is 0 Å². The summed E-state index contributed by atoms with van der Waals surface area (Å²) in [6, 6.07) is 4.63. The third-order valence-corrected chi connectivity index (χ3v) is 4.94. The molecule has 2 aromatic heterocycles. The van der Waals surface area contributed by atoms with Gasteiger partial charge in [-0.05, 0) is 32.5 Å². The molecule has 0 fully saturated rings. The Kier molecular flexibility index (Phi) is 6.86. The highest BCUT2D eigenvalue weighted by atomic mass is 19.4. The molecule has 0 spiro atoms.